The molecule has 0 saturated heterocycles. The van der Waals surface area contributed by atoms with Gasteiger partial charge in [0.25, 0.3) is 11.8 Å². The predicted molar refractivity (Wildman–Crippen MR) is 324 cm³/mol. The number of nitrogens with zero attached hydrogens (tertiary/aromatic N) is 1. The van der Waals surface area contributed by atoms with E-state index < -0.39 is 108 Å². The maximum Gasteiger partial charge on any atom is 0.405 e. The summed E-state index contributed by atoms with van der Waals surface area (Å²) in [4.78, 5) is 105. The first kappa shape index (κ1) is 72.9. The molecule has 4 amide bonds. The zero-order valence-electron chi connectivity index (χ0n) is 52.1. The van der Waals surface area contributed by atoms with Crippen molar-refractivity contribution in [2.75, 3.05) is 62.2 Å². The average molecular weight is 1200 g/mol. The smallest absolute Gasteiger partial charge is 0.405 e. The molecule has 0 saturated carbocycles. The first-order chi connectivity index (χ1) is 40.5. The van der Waals surface area contributed by atoms with Gasteiger partial charge in [-0.3, -0.25) is 28.8 Å². The van der Waals surface area contributed by atoms with Crippen molar-refractivity contribution in [2.24, 2.45) is 35.1 Å². The van der Waals surface area contributed by atoms with Crippen LogP contribution in [0.1, 0.15) is 81.1 Å². The van der Waals surface area contributed by atoms with Crippen LogP contribution in [0.3, 0.4) is 0 Å². The highest BCUT2D eigenvalue weighted by molar-refractivity contribution is 6.24. The zero-order chi connectivity index (χ0) is 64.7. The predicted octanol–water partition coefficient (Wildman–Crippen LogP) is 4.45. The zero-order valence-corrected chi connectivity index (χ0v) is 52.1. The molecule has 0 radical (unpaired) electrons. The molecule has 4 aliphatic rings. The SMILES string of the molecule is C=CCNC1=C2C[C@@H](C)C[C@H](OC)[C@H](O)[C@@H](C)/C=C(\C)[C@H](OC(N)=O)[C@@H](OC)/C=C\C=C(/C)C(=O)NC(=CC1=O)C2=O.CO[C@H]1/C=C\C=C(/C)C(=O)NC2=CC(=O)C(NCCN(C)C)=C(C[C@@H](C)C[C@H](OC)[C@H](O)[C@@H](C)/C=C(\C)[C@@H]1OC(N)=O)C2=O. The van der Waals surface area contributed by atoms with Gasteiger partial charge in [-0.15, -0.1) is 6.58 Å². The van der Waals surface area contributed by atoms with Crippen LogP contribution in [0.2, 0.25) is 0 Å². The van der Waals surface area contributed by atoms with Gasteiger partial charge in [-0.2, -0.15) is 0 Å². The van der Waals surface area contributed by atoms with Crippen molar-refractivity contribution in [3.05, 3.63) is 130 Å². The van der Waals surface area contributed by atoms with Gasteiger partial charge >= 0.3 is 12.2 Å². The topological polar surface area (TPSA) is 336 Å². The molecule has 12 atom stereocenters. The number of hydrogen-bond acceptors (Lipinski definition) is 19. The number of amides is 4. The van der Waals surface area contributed by atoms with Crippen LogP contribution >= 0.6 is 0 Å². The van der Waals surface area contributed by atoms with Gasteiger partial charge in [0, 0.05) is 94.4 Å². The molecule has 2 heterocycles. The lowest BCUT2D eigenvalue weighted by molar-refractivity contribution is -0.120. The minimum absolute atomic E-state index is 0.114. The lowest BCUT2D eigenvalue weighted by atomic mass is 9.85. The molecule has 23 nitrogen and oxygen atoms in total. The minimum atomic E-state index is -1.00. The Hall–Kier alpha value is -7.38. The number of nitrogens with one attached hydrogen (secondary N) is 4. The summed E-state index contributed by atoms with van der Waals surface area (Å²) in [7, 11) is 9.66. The number of ether oxygens (including phenoxy) is 6. The number of aliphatic hydroxyl groups excluding tert-OH is 2. The third-order valence-electron chi connectivity index (χ3n) is 14.9. The molecular weight excluding hydrogens is 1110 g/mol. The normalized spacial score (nSPS) is 31.3. The first-order valence-electron chi connectivity index (χ1n) is 28.4. The Morgan fingerprint density at radius 3 is 1.37 bits per heavy atom. The number of rotatable bonds is 13. The van der Waals surface area contributed by atoms with Gasteiger partial charge in [0.15, 0.2) is 12.2 Å². The second-order valence-corrected chi connectivity index (χ2v) is 22.3. The average Bonchev–Trinajstić information content (AvgIpc) is 1.39. The van der Waals surface area contributed by atoms with Crippen molar-refractivity contribution < 1.29 is 77.0 Å². The van der Waals surface area contributed by atoms with Gasteiger partial charge in [-0.05, 0) is 90.5 Å². The van der Waals surface area contributed by atoms with Crippen molar-refractivity contribution in [1.82, 2.24) is 26.2 Å². The van der Waals surface area contributed by atoms with Gasteiger partial charge in [-0.1, -0.05) is 82.4 Å². The molecule has 0 aromatic rings. The third kappa shape index (κ3) is 21.5. The van der Waals surface area contributed by atoms with Crippen molar-refractivity contribution in [2.45, 2.75) is 130 Å². The van der Waals surface area contributed by atoms with Gasteiger partial charge in [0.1, 0.15) is 12.2 Å². The van der Waals surface area contributed by atoms with Gasteiger partial charge < -0.3 is 76.3 Å². The molecule has 23 heteroatoms. The van der Waals surface area contributed by atoms with Gasteiger partial charge in [0.2, 0.25) is 23.1 Å². The van der Waals surface area contributed by atoms with Crippen LogP contribution in [-0.4, -0.2) is 173 Å². The monoisotopic (exact) mass is 1200 g/mol. The number of Topliss-reactive ketones (excluding diaryl/α,β-unsaturated/α-hetero) is 2. The first-order valence-corrected chi connectivity index (χ1v) is 28.4. The summed E-state index contributed by atoms with van der Waals surface area (Å²) in [6, 6.07) is 0. The lowest BCUT2D eigenvalue weighted by Crippen LogP contribution is -2.38. The van der Waals surface area contributed by atoms with E-state index in [1.807, 2.05) is 39.8 Å². The fraction of sp³-hybridized carbons (Fsp3) is 0.524. The van der Waals surface area contributed by atoms with Crippen LogP contribution in [0.4, 0.5) is 9.59 Å². The number of fused-ring (bicyclic) bond motifs is 4. The maximum absolute atomic E-state index is 13.7. The van der Waals surface area contributed by atoms with E-state index >= 15 is 0 Å². The largest absolute Gasteiger partial charge is 0.439 e. The van der Waals surface area contributed by atoms with Crippen LogP contribution in [0.25, 0.3) is 0 Å². The molecule has 0 fully saturated rings. The Kier molecular flexibility index (Phi) is 29.9. The third-order valence-corrected chi connectivity index (χ3v) is 14.9. The summed E-state index contributed by atoms with van der Waals surface area (Å²) in [5, 5.41) is 33.7. The van der Waals surface area contributed by atoms with Crippen molar-refractivity contribution in [3.8, 4) is 0 Å². The number of allylic oxidation sites excluding steroid dienone is 8. The lowest BCUT2D eigenvalue weighted by Gasteiger charge is -2.30. The van der Waals surface area contributed by atoms with Crippen molar-refractivity contribution in [1.29, 1.82) is 0 Å². The molecule has 4 bridgehead atoms. The molecule has 0 spiro atoms. The molecule has 474 valence electrons. The van der Waals surface area contributed by atoms with Crippen LogP contribution in [-0.2, 0) is 57.2 Å². The Labute approximate surface area is 505 Å². The Balaban J connectivity index is 0.000000451. The quantitative estimate of drug-likeness (QED) is 0.0932. The number of methoxy groups -OCH3 is 4. The number of likely N-dealkylation sites (N-methyl/N-ethyl adjacent to an activating group) is 1. The standard InChI is InChI=1S/C32H48N4O8.C31H43N3O8/c1-18-14-22-27(34-12-13-36(5)6)24(37)17-23(29(22)39)35-31(40)19(2)10-9-11-25(42-7)30(44-32(33)41)21(4)16-20(3)28(38)26(15-18)43-8;1-8-12-33-26-21-13-17(2)14-25(41-7)27(36)19(4)15-20(5)29(42-31(32)39)24(40-6)11-9-10-18(3)30(38)34-22(28(21)37)16-23(26)35/h9-11,16-18,20,25-26,28,30,34,38H,12-15H2,1-8H3,(H2,33,41)(H,35,40);8-11,15-17,19,24-25,27,29,33,36H,1,12-14H2,2-7H3,(H2,32,39)(H,34,38)/b11-9-,19-10+,21-16+;11-9-,18-10+,20-15+/t18-,20+,25+,26+,28-,30+;17-,19+,24+,25+,27-,29+/m11/s1. The molecule has 0 unspecified atom stereocenters. The molecule has 0 aromatic heterocycles. The van der Waals surface area contributed by atoms with Crippen LogP contribution < -0.4 is 32.7 Å². The van der Waals surface area contributed by atoms with E-state index in [4.69, 9.17) is 39.9 Å². The fourth-order valence-corrected chi connectivity index (χ4v) is 10.1. The maximum atomic E-state index is 13.7. The second kappa shape index (κ2) is 35.3. The summed E-state index contributed by atoms with van der Waals surface area (Å²) in [6.45, 7) is 19.0. The van der Waals surface area contributed by atoms with Crippen molar-refractivity contribution >= 4 is 47.1 Å². The number of aliphatic hydroxyl groups is 2. The number of carbonyl (C=O) groups is 8. The summed E-state index contributed by atoms with van der Waals surface area (Å²) >= 11 is 0. The van der Waals surface area contributed by atoms with Crippen LogP contribution in [0, 0.1) is 23.7 Å². The summed E-state index contributed by atoms with van der Waals surface area (Å²) in [5.74, 6) is -4.21. The van der Waals surface area contributed by atoms with Gasteiger partial charge in [-0.25, -0.2) is 9.59 Å². The number of nitrogens with two attached hydrogens (primary N) is 2. The molecule has 0 aromatic carbocycles. The minimum Gasteiger partial charge on any atom is -0.439 e. The highest BCUT2D eigenvalue weighted by Crippen LogP contribution is 2.31. The Morgan fingerprint density at radius 2 is 1.03 bits per heavy atom. The summed E-state index contributed by atoms with van der Waals surface area (Å²) in [6.07, 6.45) is 9.22. The van der Waals surface area contributed by atoms with Crippen LogP contribution in [0.5, 0.6) is 0 Å². The highest BCUT2D eigenvalue weighted by Gasteiger charge is 2.36. The Morgan fingerprint density at radius 1 is 0.651 bits per heavy atom. The van der Waals surface area contributed by atoms with E-state index in [9.17, 15) is 48.6 Å². The number of hydrogen-bond donors (Lipinski definition) is 8. The molecular formula is C63H91N7O16. The molecule has 2 aliphatic carbocycles. The van der Waals surface area contributed by atoms with E-state index in [2.05, 4.69) is 27.8 Å². The molecule has 86 heavy (non-hydrogen) atoms. The molecule has 4 rings (SSSR count). The molecule has 2 aliphatic heterocycles. The van der Waals surface area contributed by atoms with Gasteiger partial charge in [0.05, 0.1) is 47.2 Å². The van der Waals surface area contributed by atoms with E-state index in [1.54, 1.807) is 77.2 Å². The van der Waals surface area contributed by atoms with E-state index in [1.165, 1.54) is 40.6 Å². The van der Waals surface area contributed by atoms with Crippen LogP contribution in [0.15, 0.2) is 130 Å². The Bertz CT molecular complexity index is 2820. The number of ketones is 4. The van der Waals surface area contributed by atoms with Crippen molar-refractivity contribution in [3.63, 3.8) is 0 Å². The van der Waals surface area contributed by atoms with E-state index in [-0.39, 0.29) is 76.3 Å². The van der Waals surface area contributed by atoms with E-state index in [0.29, 0.717) is 37.1 Å². The number of primary amides is 2. The highest BCUT2D eigenvalue weighted by atomic mass is 16.6. The fourth-order valence-electron chi connectivity index (χ4n) is 10.1. The molecule has 10 N–H and O–H groups in total. The van der Waals surface area contributed by atoms with E-state index in [0.717, 1.165) is 12.2 Å². The second-order valence-electron chi connectivity index (χ2n) is 22.3. The summed E-state index contributed by atoms with van der Waals surface area (Å²) < 4.78 is 33.2. The summed E-state index contributed by atoms with van der Waals surface area (Å²) in [5.41, 5.74) is 13.0. The number of carbonyl (C=O) groups excluding carboxylic acids is 8.